The molecule has 5 atom stereocenters. The van der Waals surface area contributed by atoms with Crippen LogP contribution in [0.2, 0.25) is 0 Å². The largest absolute Gasteiger partial charge is 1.00 e. The van der Waals surface area contributed by atoms with Gasteiger partial charge >= 0.3 is 89.5 Å². The number of aliphatic imine (C=N–C) groups is 1. The Morgan fingerprint density at radius 1 is 0.455 bits per heavy atom. The normalized spacial score (nSPS) is 21.7. The number of amides is 5. The molecule has 23 heteroatoms. The van der Waals surface area contributed by atoms with Crippen molar-refractivity contribution in [1.29, 1.82) is 0 Å². The first-order chi connectivity index (χ1) is 35.3. The summed E-state index contributed by atoms with van der Waals surface area (Å²) in [6, 6.07) is 0. The van der Waals surface area contributed by atoms with Crippen LogP contribution < -0.4 is 37.0 Å². The summed E-state index contributed by atoms with van der Waals surface area (Å²) in [7, 11) is 0. The third-order valence-electron chi connectivity index (χ3n) is 14.0. The number of nitrogens with one attached hydrogen (secondary N) is 6. The summed E-state index contributed by atoms with van der Waals surface area (Å²) in [6.45, 7) is 13.1. The van der Waals surface area contributed by atoms with Crippen LogP contribution in [-0.4, -0.2) is 147 Å². The van der Waals surface area contributed by atoms with E-state index >= 15 is 0 Å². The number of piperidine rings is 5. The topological polar surface area (TPSA) is 297 Å². The van der Waals surface area contributed by atoms with Gasteiger partial charge < -0.3 is 74.7 Å². The minimum absolute atomic E-state index is 0. The van der Waals surface area contributed by atoms with E-state index in [1.54, 1.807) is 6.20 Å². The maximum atomic E-state index is 11.9. The number of carbonyl (C=O) groups excluding carboxylic acids is 5. The molecule has 0 aromatic heterocycles. The van der Waals surface area contributed by atoms with Gasteiger partial charge in [-0.25, -0.2) is 0 Å². The molecular formula is C54H94Ag4N13O6-3. The van der Waals surface area contributed by atoms with E-state index < -0.39 is 0 Å². The van der Waals surface area contributed by atoms with Crippen LogP contribution in [0.15, 0.2) is 28.9 Å². The number of dihydropyridines is 1. The molecule has 5 fully saturated rings. The van der Waals surface area contributed by atoms with Crippen LogP contribution in [0.25, 0.3) is 32.7 Å². The van der Waals surface area contributed by atoms with Crippen molar-refractivity contribution in [1.82, 2.24) is 31.9 Å². The Bertz CT molecular complexity index is 1480. The van der Waals surface area contributed by atoms with E-state index in [-0.39, 0.29) is 161 Å². The monoisotopic (exact) mass is 1450 g/mol. The van der Waals surface area contributed by atoms with Crippen LogP contribution in [0, 0.1) is 29.6 Å². The quantitative estimate of drug-likeness (QED) is 0.0225. The maximum absolute atomic E-state index is 11.9. The van der Waals surface area contributed by atoms with Gasteiger partial charge in [-0.15, -0.1) is 65.4 Å². The summed E-state index contributed by atoms with van der Waals surface area (Å²) < 4.78 is 0. The first-order valence-electron chi connectivity index (χ1n) is 28.2. The maximum Gasteiger partial charge on any atom is 1.00 e. The Morgan fingerprint density at radius 2 is 0.727 bits per heavy atom. The minimum atomic E-state index is -0.149. The van der Waals surface area contributed by atoms with Gasteiger partial charge in [0.25, 0.3) is 0 Å². The molecule has 8 N–H and O–H groups in total. The second-order valence-electron chi connectivity index (χ2n) is 20.1. The van der Waals surface area contributed by atoms with Crippen molar-refractivity contribution in [2.75, 3.05) is 111 Å². The fourth-order valence-corrected chi connectivity index (χ4v) is 9.46. The Kier molecular flexibility index (Phi) is 52.3. The summed E-state index contributed by atoms with van der Waals surface area (Å²) in [4.78, 5) is 63.7. The molecule has 6 aliphatic heterocycles. The van der Waals surface area contributed by atoms with E-state index in [2.05, 4.69) is 63.5 Å². The summed E-state index contributed by atoms with van der Waals surface area (Å²) in [5, 5.41) is 51.4. The molecule has 458 valence electrons. The van der Waals surface area contributed by atoms with Crippen molar-refractivity contribution >= 4 is 35.4 Å². The zero-order valence-electron chi connectivity index (χ0n) is 45.6. The van der Waals surface area contributed by atoms with Crippen molar-refractivity contribution in [3.05, 3.63) is 56.7 Å². The number of rotatable bonds is 27. The molecule has 77 heavy (non-hydrogen) atoms. The van der Waals surface area contributed by atoms with Crippen molar-refractivity contribution in [2.45, 2.75) is 141 Å². The van der Waals surface area contributed by atoms with E-state index in [1.165, 1.54) is 0 Å². The van der Waals surface area contributed by atoms with Crippen molar-refractivity contribution in [2.24, 2.45) is 34.6 Å². The Hall–Kier alpha value is -1.18. The predicted octanol–water partition coefficient (Wildman–Crippen LogP) is 6.65. The number of nitrogens with two attached hydrogens (primary N) is 1. The summed E-state index contributed by atoms with van der Waals surface area (Å²) in [6.07, 6.45) is 27.8. The molecule has 6 rings (SSSR count). The van der Waals surface area contributed by atoms with E-state index in [4.69, 9.17) is 0 Å². The SMILES string of the molecule is O=C(NCCCCCCN=C([O-])C1=CNCC=C1)C1CCC[N-]C1.O=C(NCCCCCCNC(=O)C1CCC[N-]C1)C1CCC[N-]C1.O=C(NCCCCCCNC(=O)C1CCC[N-]C1)C1CCC[N-]C1.[Ag+].[Ag+].[Ag+].[Ag+].[NH2-]. The minimum Gasteiger partial charge on any atom is -0.858 e. The standard InChI is InChI=1S/2C18H32N4O2.C18H29N4O2.4Ag.H2N/c3*23-17(15-7-5-9-19-13-15)21-11-3-1-2-4-12-22-18(24)16-8-6-10-20-14-16;;;;;/h2*15-16H,1-14H2,(H,21,23)(H,22,24);5,7,13,16,19H,1-4,6,8-12,14H2,(H,21,23)(H,22,24);;;;;1H2/q2*-2;-1;4*+1;-1/p-1. The van der Waals surface area contributed by atoms with E-state index in [1.807, 2.05) is 12.2 Å². The molecule has 0 spiro atoms. The zero-order chi connectivity index (χ0) is 51.1. The average molecular weight is 1450 g/mol. The Balaban J connectivity index is 0. The molecule has 5 unspecified atom stereocenters. The van der Waals surface area contributed by atoms with E-state index in [0.29, 0.717) is 44.8 Å². The summed E-state index contributed by atoms with van der Waals surface area (Å²) >= 11 is 0. The molecule has 0 radical (unpaired) electrons. The molecule has 5 saturated heterocycles. The third-order valence-corrected chi connectivity index (χ3v) is 14.0. The van der Waals surface area contributed by atoms with Gasteiger partial charge in [0, 0.05) is 87.2 Å². The second kappa shape index (κ2) is 51.7. The Morgan fingerprint density at radius 3 is 0.961 bits per heavy atom. The van der Waals surface area contributed by atoms with Gasteiger partial charge in [-0.1, -0.05) is 82.8 Å². The second-order valence-corrected chi connectivity index (χ2v) is 20.1. The smallest absolute Gasteiger partial charge is 0.858 e. The number of carbonyl (C=O) groups is 5. The van der Waals surface area contributed by atoms with Crippen LogP contribution in [0.3, 0.4) is 0 Å². The van der Waals surface area contributed by atoms with Gasteiger partial charge in [0.2, 0.25) is 29.5 Å². The van der Waals surface area contributed by atoms with Gasteiger partial charge in [0.15, 0.2) is 0 Å². The number of unbranched alkanes of at least 4 members (excludes halogenated alkanes) is 9. The van der Waals surface area contributed by atoms with Gasteiger partial charge in [-0.2, -0.15) is 0 Å². The predicted molar refractivity (Wildman–Crippen MR) is 292 cm³/mol. The van der Waals surface area contributed by atoms with Gasteiger partial charge in [-0.3, -0.25) is 24.0 Å². The van der Waals surface area contributed by atoms with E-state index in [9.17, 15) is 29.1 Å². The molecule has 0 aromatic rings. The molecule has 0 bridgehead atoms. The van der Waals surface area contributed by atoms with Crippen molar-refractivity contribution < 1.29 is 119 Å². The fourth-order valence-electron chi connectivity index (χ4n) is 9.46. The van der Waals surface area contributed by atoms with Crippen LogP contribution in [0.4, 0.5) is 0 Å². The average Bonchev–Trinajstić information content (AvgIpc) is 3.44. The van der Waals surface area contributed by atoms with Crippen LogP contribution in [0.5, 0.6) is 0 Å². The zero-order valence-corrected chi connectivity index (χ0v) is 51.5. The first kappa shape index (κ1) is 77.9. The third kappa shape index (κ3) is 36.8. The van der Waals surface area contributed by atoms with Crippen LogP contribution in [0.1, 0.15) is 141 Å². The molecular weight excluding hydrogens is 1360 g/mol. The number of nitrogens with zero attached hydrogens (tertiary/aromatic N) is 6. The van der Waals surface area contributed by atoms with Crippen LogP contribution in [-0.2, 0) is 113 Å². The van der Waals surface area contributed by atoms with Gasteiger partial charge in [-0.05, 0) is 76.5 Å². The van der Waals surface area contributed by atoms with Gasteiger partial charge in [0.05, 0.1) is 0 Å². The Labute approximate surface area is 525 Å². The molecule has 0 saturated carbocycles. The molecule has 5 amide bonds. The molecule has 0 aromatic carbocycles. The van der Waals surface area contributed by atoms with E-state index in [0.717, 1.165) is 213 Å². The van der Waals surface area contributed by atoms with Crippen molar-refractivity contribution in [3.63, 3.8) is 0 Å². The van der Waals surface area contributed by atoms with Crippen molar-refractivity contribution in [3.8, 4) is 0 Å². The summed E-state index contributed by atoms with van der Waals surface area (Å²) in [5.41, 5.74) is 0.624. The first-order valence-corrected chi connectivity index (χ1v) is 28.2. The number of hydrogen-bond acceptors (Lipinski definition) is 8. The molecule has 0 aliphatic carbocycles. The fraction of sp³-hybridized carbons (Fsp3) is 0.815. The van der Waals surface area contributed by atoms with Gasteiger partial charge in [0.1, 0.15) is 0 Å². The number of hydrogen-bond donors (Lipinski definition) is 6. The summed E-state index contributed by atoms with van der Waals surface area (Å²) in [5.74, 6) is 1.16. The molecule has 6 aliphatic rings. The molecule has 6 heterocycles. The molecule has 19 nitrogen and oxygen atoms in total. The van der Waals surface area contributed by atoms with Crippen LogP contribution >= 0.6 is 0 Å².